The maximum atomic E-state index is 12.6. The van der Waals surface area contributed by atoms with E-state index in [1.807, 2.05) is 65.2 Å². The summed E-state index contributed by atoms with van der Waals surface area (Å²) in [7, 11) is 0. The monoisotopic (exact) mass is 346 g/mol. The Morgan fingerprint density at radius 3 is 2.24 bits per heavy atom. The summed E-state index contributed by atoms with van der Waals surface area (Å²) in [6.45, 7) is 15.5. The number of carbonyl (C=O) groups is 1. The van der Waals surface area contributed by atoms with Gasteiger partial charge < -0.3 is 5.11 Å². The fourth-order valence-electron chi connectivity index (χ4n) is 2.52. The number of anilines is 1. The molecule has 138 valence electrons. The van der Waals surface area contributed by atoms with Crippen LogP contribution in [0.25, 0.3) is 11.2 Å². The number of aromatic nitrogens is 3. The first-order valence-corrected chi connectivity index (χ1v) is 8.61. The van der Waals surface area contributed by atoms with Crippen LogP contribution < -0.4 is 5.32 Å². The van der Waals surface area contributed by atoms with Crippen LogP contribution in [0.15, 0.2) is 12.1 Å². The van der Waals surface area contributed by atoms with Crippen LogP contribution in [0.5, 0.6) is 0 Å². The summed E-state index contributed by atoms with van der Waals surface area (Å²) in [5.74, 6) is 0.188. The topological polar surface area (TPSA) is 80.0 Å². The Morgan fingerprint density at radius 2 is 1.72 bits per heavy atom. The van der Waals surface area contributed by atoms with Gasteiger partial charge in [0.05, 0.1) is 12.0 Å². The summed E-state index contributed by atoms with van der Waals surface area (Å²) in [5.41, 5.74) is 0.540. The third kappa shape index (κ3) is 4.00. The van der Waals surface area contributed by atoms with Crippen molar-refractivity contribution in [2.45, 2.75) is 73.0 Å². The van der Waals surface area contributed by atoms with E-state index in [1.54, 1.807) is 6.92 Å². The SMILES string of the molecule is Cc1ccc2nc(NC(=O)C[C@](C)(O)C(C)(C)C)n(C(C)(C)C)c2n1. The molecule has 0 bridgehead atoms. The number of nitrogens with one attached hydrogen (secondary N) is 1. The Balaban J connectivity index is 2.40. The van der Waals surface area contributed by atoms with E-state index in [1.165, 1.54) is 0 Å². The highest BCUT2D eigenvalue weighted by Gasteiger charge is 2.37. The predicted molar refractivity (Wildman–Crippen MR) is 101 cm³/mol. The first kappa shape index (κ1) is 19.4. The van der Waals surface area contributed by atoms with Gasteiger partial charge >= 0.3 is 0 Å². The average molecular weight is 346 g/mol. The lowest BCUT2D eigenvalue weighted by Crippen LogP contribution is -2.43. The number of hydrogen-bond acceptors (Lipinski definition) is 4. The molecule has 0 aliphatic heterocycles. The minimum absolute atomic E-state index is 0.00367. The second kappa shape index (κ2) is 6.09. The van der Waals surface area contributed by atoms with Gasteiger partial charge in [0.25, 0.3) is 0 Å². The summed E-state index contributed by atoms with van der Waals surface area (Å²) in [6, 6.07) is 3.80. The molecule has 2 rings (SSSR count). The van der Waals surface area contributed by atoms with Gasteiger partial charge in [0.2, 0.25) is 11.9 Å². The summed E-state index contributed by atoms with van der Waals surface area (Å²) >= 11 is 0. The maximum Gasteiger partial charge on any atom is 0.229 e. The first-order valence-electron chi connectivity index (χ1n) is 8.61. The Labute approximate surface area is 149 Å². The van der Waals surface area contributed by atoms with Gasteiger partial charge in [-0.15, -0.1) is 0 Å². The number of imidazole rings is 1. The molecule has 0 aliphatic carbocycles. The van der Waals surface area contributed by atoms with Crippen molar-refractivity contribution in [3.05, 3.63) is 17.8 Å². The summed E-state index contributed by atoms with van der Waals surface area (Å²) in [4.78, 5) is 21.7. The van der Waals surface area contributed by atoms with E-state index in [4.69, 9.17) is 0 Å². The molecule has 0 aromatic carbocycles. The fraction of sp³-hybridized carbons (Fsp3) is 0.632. The van der Waals surface area contributed by atoms with E-state index >= 15 is 0 Å². The molecule has 6 heteroatoms. The highest BCUT2D eigenvalue weighted by Crippen LogP contribution is 2.33. The summed E-state index contributed by atoms with van der Waals surface area (Å²) in [6.07, 6.45) is -0.00367. The number of carbonyl (C=O) groups excluding carboxylic acids is 1. The van der Waals surface area contributed by atoms with Crippen molar-refractivity contribution in [1.82, 2.24) is 14.5 Å². The van der Waals surface area contributed by atoms with Crippen LogP contribution in [0, 0.1) is 12.3 Å². The minimum atomic E-state index is -1.12. The molecule has 25 heavy (non-hydrogen) atoms. The average Bonchev–Trinajstić information content (AvgIpc) is 2.72. The van der Waals surface area contributed by atoms with Gasteiger partial charge in [-0.3, -0.25) is 14.7 Å². The van der Waals surface area contributed by atoms with Crippen molar-refractivity contribution >= 4 is 23.0 Å². The number of fused-ring (bicyclic) bond motifs is 1. The number of nitrogens with zero attached hydrogens (tertiary/aromatic N) is 3. The normalized spacial score (nSPS) is 15.2. The maximum absolute atomic E-state index is 12.6. The van der Waals surface area contributed by atoms with Gasteiger partial charge in [-0.25, -0.2) is 9.97 Å². The van der Waals surface area contributed by atoms with Crippen molar-refractivity contribution in [3.8, 4) is 0 Å². The van der Waals surface area contributed by atoms with Crippen LogP contribution >= 0.6 is 0 Å². The van der Waals surface area contributed by atoms with Crippen molar-refractivity contribution in [3.63, 3.8) is 0 Å². The highest BCUT2D eigenvalue weighted by molar-refractivity contribution is 5.91. The lowest BCUT2D eigenvalue weighted by Gasteiger charge is -2.36. The molecule has 0 radical (unpaired) electrons. The molecule has 2 heterocycles. The standard InChI is InChI=1S/C19H30N4O2/c1-12-9-10-13-15(20-12)23(18(5,6)7)16(21-13)22-14(24)11-19(8,25)17(2,3)4/h9-10,25H,11H2,1-8H3,(H,21,22,24)/t19-/m0/s1. The molecule has 1 atom stereocenters. The van der Waals surface area contributed by atoms with Crippen molar-refractivity contribution in [1.29, 1.82) is 0 Å². The molecule has 0 spiro atoms. The van der Waals surface area contributed by atoms with Crippen molar-refractivity contribution < 1.29 is 9.90 Å². The zero-order chi connectivity index (χ0) is 19.2. The van der Waals surface area contributed by atoms with E-state index in [2.05, 4.69) is 15.3 Å². The Bertz CT molecular complexity index is 792. The van der Waals surface area contributed by atoms with E-state index in [0.29, 0.717) is 5.95 Å². The number of aliphatic hydroxyl groups is 1. The van der Waals surface area contributed by atoms with Gasteiger partial charge in [-0.2, -0.15) is 0 Å². The molecule has 2 aromatic heterocycles. The van der Waals surface area contributed by atoms with Crippen LogP contribution in [-0.2, 0) is 10.3 Å². The molecular weight excluding hydrogens is 316 g/mol. The summed E-state index contributed by atoms with van der Waals surface area (Å²) < 4.78 is 1.93. The van der Waals surface area contributed by atoms with Crippen LogP contribution in [0.4, 0.5) is 5.95 Å². The zero-order valence-corrected chi connectivity index (χ0v) is 16.6. The van der Waals surface area contributed by atoms with E-state index in [0.717, 1.165) is 16.9 Å². The lowest BCUT2D eigenvalue weighted by atomic mass is 9.76. The molecule has 0 saturated carbocycles. The van der Waals surface area contributed by atoms with Crippen molar-refractivity contribution in [2.24, 2.45) is 5.41 Å². The largest absolute Gasteiger partial charge is 0.389 e. The van der Waals surface area contributed by atoms with Gasteiger partial charge in [0.1, 0.15) is 5.52 Å². The second-order valence-electron chi connectivity index (χ2n) is 8.99. The molecular formula is C19H30N4O2. The Hall–Kier alpha value is -1.95. The van der Waals surface area contributed by atoms with Crippen LogP contribution in [0.1, 0.15) is 60.6 Å². The second-order valence-corrected chi connectivity index (χ2v) is 8.99. The number of rotatable bonds is 3. The Morgan fingerprint density at radius 1 is 1.12 bits per heavy atom. The third-order valence-corrected chi connectivity index (χ3v) is 4.69. The first-order chi connectivity index (χ1) is 11.2. The quantitative estimate of drug-likeness (QED) is 0.889. The minimum Gasteiger partial charge on any atom is -0.389 e. The van der Waals surface area contributed by atoms with E-state index in [9.17, 15) is 9.90 Å². The fourth-order valence-corrected chi connectivity index (χ4v) is 2.52. The zero-order valence-electron chi connectivity index (χ0n) is 16.6. The highest BCUT2D eigenvalue weighted by atomic mass is 16.3. The summed E-state index contributed by atoms with van der Waals surface area (Å²) in [5, 5.41) is 13.5. The molecule has 0 fully saturated rings. The van der Waals surface area contributed by atoms with E-state index in [-0.39, 0.29) is 17.9 Å². The molecule has 0 unspecified atom stereocenters. The van der Waals surface area contributed by atoms with Gasteiger partial charge in [0.15, 0.2) is 5.65 Å². The Kier molecular flexibility index (Phi) is 4.72. The van der Waals surface area contributed by atoms with Gasteiger partial charge in [-0.1, -0.05) is 20.8 Å². The number of aryl methyl sites for hydroxylation is 1. The molecule has 0 aliphatic rings. The van der Waals surface area contributed by atoms with Crippen molar-refractivity contribution in [2.75, 3.05) is 5.32 Å². The number of hydrogen-bond donors (Lipinski definition) is 2. The number of amides is 1. The lowest BCUT2D eigenvalue weighted by molar-refractivity contribution is -0.125. The van der Waals surface area contributed by atoms with Crippen LogP contribution in [0.3, 0.4) is 0 Å². The third-order valence-electron chi connectivity index (χ3n) is 4.69. The van der Waals surface area contributed by atoms with Gasteiger partial charge in [-0.05, 0) is 52.2 Å². The molecule has 1 amide bonds. The molecule has 0 saturated heterocycles. The number of pyridine rings is 1. The smallest absolute Gasteiger partial charge is 0.229 e. The van der Waals surface area contributed by atoms with E-state index < -0.39 is 11.0 Å². The van der Waals surface area contributed by atoms with Crippen LogP contribution in [-0.4, -0.2) is 31.1 Å². The molecule has 2 N–H and O–H groups in total. The molecule has 2 aromatic rings. The van der Waals surface area contributed by atoms with Crippen LogP contribution in [0.2, 0.25) is 0 Å². The molecule has 6 nitrogen and oxygen atoms in total. The van der Waals surface area contributed by atoms with Gasteiger partial charge in [0, 0.05) is 11.2 Å². The predicted octanol–water partition coefficient (Wildman–Crippen LogP) is 3.62.